The van der Waals surface area contributed by atoms with Crippen LogP contribution in [0.5, 0.6) is 0 Å². The second-order valence-corrected chi connectivity index (χ2v) is 7.60. The van der Waals surface area contributed by atoms with Gasteiger partial charge in [0.1, 0.15) is 18.1 Å². The van der Waals surface area contributed by atoms with E-state index in [1.165, 1.54) is 0 Å². The lowest BCUT2D eigenvalue weighted by Gasteiger charge is -2.23. The van der Waals surface area contributed by atoms with Gasteiger partial charge in [-0.25, -0.2) is 4.79 Å². The molecule has 0 aliphatic rings. The van der Waals surface area contributed by atoms with Crippen molar-refractivity contribution in [1.82, 2.24) is 16.0 Å². The fraction of sp³-hybridized carbons (Fsp3) is 0.429. The second-order valence-electron chi connectivity index (χ2n) is 7.60. The molecule has 1 rings (SSSR count). The third kappa shape index (κ3) is 10.6. The van der Waals surface area contributed by atoms with Crippen LogP contribution in [0.4, 0.5) is 0 Å². The summed E-state index contributed by atoms with van der Waals surface area (Å²) in [5.41, 5.74) is 11.2. The van der Waals surface area contributed by atoms with E-state index in [9.17, 15) is 39.0 Å². The van der Waals surface area contributed by atoms with Crippen molar-refractivity contribution in [3.8, 4) is 0 Å². The lowest BCUT2D eigenvalue weighted by Crippen LogP contribution is -2.58. The summed E-state index contributed by atoms with van der Waals surface area (Å²) < 4.78 is 0. The van der Waals surface area contributed by atoms with E-state index in [2.05, 4.69) is 16.0 Å². The zero-order chi connectivity index (χ0) is 26.5. The molecule has 192 valence electrons. The summed E-state index contributed by atoms with van der Waals surface area (Å²) in [5, 5.41) is 34.4. The van der Waals surface area contributed by atoms with E-state index in [0.717, 1.165) is 0 Å². The van der Waals surface area contributed by atoms with Crippen LogP contribution in [0.1, 0.15) is 24.8 Å². The Labute approximate surface area is 200 Å². The average Bonchev–Trinajstić information content (AvgIpc) is 2.79. The molecule has 0 radical (unpaired) electrons. The van der Waals surface area contributed by atoms with Crippen LogP contribution in [-0.2, 0) is 35.2 Å². The van der Waals surface area contributed by atoms with Crippen molar-refractivity contribution in [2.24, 2.45) is 11.5 Å². The van der Waals surface area contributed by atoms with E-state index < -0.39 is 72.8 Å². The number of nitrogens with two attached hydrogens (primary N) is 2. The van der Waals surface area contributed by atoms with E-state index in [4.69, 9.17) is 16.6 Å². The van der Waals surface area contributed by atoms with Crippen molar-refractivity contribution < 1.29 is 44.1 Å². The van der Waals surface area contributed by atoms with Crippen LogP contribution in [0.25, 0.3) is 0 Å². The molecule has 0 spiro atoms. The number of primary amides is 1. The molecule has 4 atom stereocenters. The van der Waals surface area contributed by atoms with Crippen molar-refractivity contribution in [2.45, 2.75) is 49.9 Å². The first-order valence-corrected chi connectivity index (χ1v) is 10.5. The minimum atomic E-state index is -1.72. The Morgan fingerprint density at radius 1 is 0.829 bits per heavy atom. The molecule has 35 heavy (non-hydrogen) atoms. The third-order valence-corrected chi connectivity index (χ3v) is 4.76. The molecule has 14 nitrogen and oxygen atoms in total. The highest BCUT2D eigenvalue weighted by Gasteiger charge is 2.31. The number of carboxylic acid groups (broad SMARTS) is 2. The zero-order valence-corrected chi connectivity index (χ0v) is 18.7. The summed E-state index contributed by atoms with van der Waals surface area (Å²) in [5.74, 6) is -6.65. The van der Waals surface area contributed by atoms with Gasteiger partial charge in [0, 0.05) is 12.8 Å². The number of carbonyl (C=O) groups is 6. The molecule has 0 aliphatic carbocycles. The van der Waals surface area contributed by atoms with Gasteiger partial charge in [-0.15, -0.1) is 0 Å². The van der Waals surface area contributed by atoms with Crippen molar-refractivity contribution in [1.29, 1.82) is 0 Å². The quantitative estimate of drug-likeness (QED) is 0.121. The van der Waals surface area contributed by atoms with Crippen molar-refractivity contribution >= 4 is 35.6 Å². The highest BCUT2D eigenvalue weighted by molar-refractivity contribution is 5.95. The monoisotopic (exact) mass is 495 g/mol. The van der Waals surface area contributed by atoms with E-state index in [0.29, 0.717) is 5.56 Å². The number of benzene rings is 1. The SMILES string of the molecule is NC(=O)CCC(N)C(=O)NC(CO)C(=O)NC(CC(=O)O)C(=O)NC(Cc1ccccc1)C(=O)O. The van der Waals surface area contributed by atoms with Crippen LogP contribution < -0.4 is 27.4 Å². The lowest BCUT2D eigenvalue weighted by molar-refractivity contribution is -0.143. The van der Waals surface area contributed by atoms with Gasteiger partial charge >= 0.3 is 11.9 Å². The molecule has 0 saturated heterocycles. The minimum absolute atomic E-state index is 0.103. The molecule has 4 amide bonds. The summed E-state index contributed by atoms with van der Waals surface area (Å²) >= 11 is 0. The minimum Gasteiger partial charge on any atom is -0.481 e. The maximum atomic E-state index is 12.6. The van der Waals surface area contributed by atoms with E-state index >= 15 is 0 Å². The van der Waals surface area contributed by atoms with Crippen LogP contribution in [0, 0.1) is 0 Å². The second kappa shape index (κ2) is 14.3. The Balaban J connectivity index is 2.88. The van der Waals surface area contributed by atoms with Crippen molar-refractivity contribution in [3.63, 3.8) is 0 Å². The first-order valence-electron chi connectivity index (χ1n) is 10.5. The van der Waals surface area contributed by atoms with Crippen LogP contribution in [0.3, 0.4) is 0 Å². The number of aliphatic hydroxyl groups is 1. The van der Waals surface area contributed by atoms with Gasteiger partial charge in [-0.1, -0.05) is 30.3 Å². The van der Waals surface area contributed by atoms with Gasteiger partial charge in [0.25, 0.3) is 0 Å². The maximum absolute atomic E-state index is 12.6. The number of carboxylic acids is 2. The highest BCUT2D eigenvalue weighted by Crippen LogP contribution is 2.05. The van der Waals surface area contributed by atoms with Crippen LogP contribution in [0.15, 0.2) is 30.3 Å². The first kappa shape index (κ1) is 29.0. The molecule has 1 aromatic carbocycles. The molecule has 0 heterocycles. The fourth-order valence-electron chi connectivity index (χ4n) is 2.88. The summed E-state index contributed by atoms with van der Waals surface area (Å²) in [4.78, 5) is 70.9. The maximum Gasteiger partial charge on any atom is 0.326 e. The van der Waals surface area contributed by atoms with Gasteiger partial charge in [-0.05, 0) is 12.0 Å². The van der Waals surface area contributed by atoms with Gasteiger partial charge in [-0.3, -0.25) is 24.0 Å². The van der Waals surface area contributed by atoms with Crippen molar-refractivity contribution in [2.75, 3.05) is 6.61 Å². The molecule has 0 aliphatic heterocycles. The Morgan fingerprint density at radius 2 is 1.37 bits per heavy atom. The summed E-state index contributed by atoms with van der Waals surface area (Å²) in [7, 11) is 0. The summed E-state index contributed by atoms with van der Waals surface area (Å²) in [6.07, 6.45) is -1.32. The topological polar surface area (TPSA) is 251 Å². The zero-order valence-electron chi connectivity index (χ0n) is 18.7. The molecule has 0 bridgehead atoms. The Hall–Kier alpha value is -4.04. The molecule has 10 N–H and O–H groups in total. The molecule has 0 fully saturated rings. The molecule has 4 unspecified atom stereocenters. The van der Waals surface area contributed by atoms with Crippen LogP contribution >= 0.6 is 0 Å². The standard InChI is InChI=1S/C21H29N5O9/c22-12(6-7-16(23)28)18(31)26-15(10-27)20(33)24-13(9-17(29)30)19(32)25-14(21(34)35)8-11-4-2-1-3-5-11/h1-5,12-15,27H,6-10,22H2,(H2,23,28)(H,24,33)(H,25,32)(H,26,31)(H,29,30)(H,34,35). The molecular weight excluding hydrogens is 466 g/mol. The van der Waals surface area contributed by atoms with Crippen molar-refractivity contribution in [3.05, 3.63) is 35.9 Å². The fourth-order valence-corrected chi connectivity index (χ4v) is 2.88. The van der Waals surface area contributed by atoms with E-state index in [1.807, 2.05) is 0 Å². The Bertz CT molecular complexity index is 925. The highest BCUT2D eigenvalue weighted by atomic mass is 16.4. The summed E-state index contributed by atoms with van der Waals surface area (Å²) in [6, 6.07) is 2.38. The van der Waals surface area contributed by atoms with Gasteiger partial charge in [0.15, 0.2) is 0 Å². The lowest BCUT2D eigenvalue weighted by atomic mass is 10.0. The van der Waals surface area contributed by atoms with Crippen LogP contribution in [0.2, 0.25) is 0 Å². The number of rotatable bonds is 15. The Morgan fingerprint density at radius 3 is 1.89 bits per heavy atom. The Kier molecular flexibility index (Phi) is 11.8. The normalized spacial score (nSPS) is 14.0. The third-order valence-electron chi connectivity index (χ3n) is 4.76. The van der Waals surface area contributed by atoms with Gasteiger partial charge < -0.3 is 42.7 Å². The molecule has 0 aromatic heterocycles. The van der Waals surface area contributed by atoms with Gasteiger partial charge in [0.05, 0.1) is 19.1 Å². The summed E-state index contributed by atoms with van der Waals surface area (Å²) in [6.45, 7) is -0.923. The predicted molar refractivity (Wildman–Crippen MR) is 119 cm³/mol. The number of hydrogen-bond donors (Lipinski definition) is 8. The number of nitrogens with one attached hydrogen (secondary N) is 3. The number of aliphatic carboxylic acids is 2. The van der Waals surface area contributed by atoms with Gasteiger partial charge in [-0.2, -0.15) is 0 Å². The largest absolute Gasteiger partial charge is 0.481 e. The smallest absolute Gasteiger partial charge is 0.326 e. The molecule has 14 heteroatoms. The predicted octanol–water partition coefficient (Wildman–Crippen LogP) is -3.17. The van der Waals surface area contributed by atoms with Gasteiger partial charge in [0.2, 0.25) is 23.6 Å². The van der Waals surface area contributed by atoms with Crippen LogP contribution in [-0.4, -0.2) is 81.7 Å². The van der Waals surface area contributed by atoms with E-state index in [-0.39, 0.29) is 19.3 Å². The molecular formula is C21H29N5O9. The number of carbonyl (C=O) groups excluding carboxylic acids is 4. The van der Waals surface area contributed by atoms with E-state index in [1.54, 1.807) is 30.3 Å². The molecule has 1 aromatic rings. The average molecular weight is 495 g/mol. The number of aliphatic hydroxyl groups excluding tert-OH is 1. The first-order chi connectivity index (χ1) is 16.4. The number of hydrogen-bond acceptors (Lipinski definition) is 8. The number of amides is 4. The molecule has 0 saturated carbocycles.